The van der Waals surface area contributed by atoms with Crippen LogP contribution in [0.4, 0.5) is 5.69 Å². The van der Waals surface area contributed by atoms with Crippen LogP contribution in [0.1, 0.15) is 10.4 Å². The zero-order valence-corrected chi connectivity index (χ0v) is 10.1. The molecule has 1 aromatic heterocycles. The number of oxazole rings is 1. The van der Waals surface area contributed by atoms with Gasteiger partial charge in [0, 0.05) is 5.56 Å². The van der Waals surface area contributed by atoms with Crippen LogP contribution in [0.25, 0.3) is 22.6 Å². The predicted molar refractivity (Wildman–Crippen MR) is 71.9 cm³/mol. The maximum Gasteiger partial charge on any atom is 0.335 e. The van der Waals surface area contributed by atoms with E-state index < -0.39 is 5.97 Å². The first-order valence-corrected chi connectivity index (χ1v) is 5.75. The topological polar surface area (TPSA) is 92.8 Å². The number of carboxylic acids is 1. The first-order valence-electron chi connectivity index (χ1n) is 5.75. The predicted octanol–water partition coefficient (Wildman–Crippen LogP) is 3.59. The zero-order chi connectivity index (χ0) is 14.1. The van der Waals surface area contributed by atoms with Crippen LogP contribution in [0, 0.1) is 4.91 Å². The molecule has 6 heteroatoms. The van der Waals surface area contributed by atoms with E-state index in [0.717, 1.165) is 0 Å². The Labute approximate surface area is 112 Å². The Bertz CT molecular complexity index is 823. The molecule has 3 aromatic rings. The lowest BCUT2D eigenvalue weighted by molar-refractivity contribution is 0.0697. The molecule has 1 heterocycles. The summed E-state index contributed by atoms with van der Waals surface area (Å²) in [6.45, 7) is 0. The van der Waals surface area contributed by atoms with Gasteiger partial charge in [-0.05, 0) is 41.6 Å². The number of benzene rings is 2. The smallest absolute Gasteiger partial charge is 0.335 e. The van der Waals surface area contributed by atoms with Gasteiger partial charge in [0.25, 0.3) is 0 Å². The molecular weight excluding hydrogens is 260 g/mol. The van der Waals surface area contributed by atoms with E-state index in [1.165, 1.54) is 12.1 Å². The highest BCUT2D eigenvalue weighted by Crippen LogP contribution is 2.27. The Morgan fingerprint density at radius 1 is 1.20 bits per heavy atom. The van der Waals surface area contributed by atoms with Gasteiger partial charge in [-0.3, -0.25) is 0 Å². The van der Waals surface area contributed by atoms with Gasteiger partial charge in [-0.25, -0.2) is 9.78 Å². The Kier molecular flexibility index (Phi) is 2.76. The summed E-state index contributed by atoms with van der Waals surface area (Å²) in [6, 6.07) is 11.0. The first-order chi connectivity index (χ1) is 9.67. The molecule has 0 atom stereocenters. The van der Waals surface area contributed by atoms with Crippen LogP contribution >= 0.6 is 0 Å². The summed E-state index contributed by atoms with van der Waals surface area (Å²) >= 11 is 0. The number of aromatic nitrogens is 1. The summed E-state index contributed by atoms with van der Waals surface area (Å²) in [5.41, 5.74) is 1.94. The summed E-state index contributed by atoms with van der Waals surface area (Å²) in [5.74, 6) is -0.718. The maximum absolute atomic E-state index is 10.9. The largest absolute Gasteiger partial charge is 0.478 e. The summed E-state index contributed by atoms with van der Waals surface area (Å²) in [4.78, 5) is 25.7. The van der Waals surface area contributed by atoms with Gasteiger partial charge in [0.2, 0.25) is 5.89 Å². The molecule has 0 aliphatic heterocycles. The molecule has 0 amide bonds. The van der Waals surface area contributed by atoms with Crippen molar-refractivity contribution in [2.24, 2.45) is 5.18 Å². The molecule has 3 rings (SSSR count). The van der Waals surface area contributed by atoms with E-state index >= 15 is 0 Å². The van der Waals surface area contributed by atoms with E-state index in [-0.39, 0.29) is 11.3 Å². The van der Waals surface area contributed by atoms with E-state index in [0.29, 0.717) is 22.6 Å². The number of carboxylic acid groups (broad SMARTS) is 1. The number of hydrogen-bond donors (Lipinski definition) is 1. The number of nitrogens with zero attached hydrogens (tertiary/aromatic N) is 2. The second kappa shape index (κ2) is 4.58. The minimum absolute atomic E-state index is 0.128. The van der Waals surface area contributed by atoms with E-state index in [1.54, 1.807) is 30.3 Å². The summed E-state index contributed by atoms with van der Waals surface area (Å²) in [7, 11) is 0. The SMILES string of the molecule is O=Nc1cccc(-c2nc3ccc(C(=O)O)cc3o2)c1. The van der Waals surface area contributed by atoms with Gasteiger partial charge in [-0.1, -0.05) is 6.07 Å². The molecular formula is C14H8N2O4. The summed E-state index contributed by atoms with van der Waals surface area (Å²) < 4.78 is 5.53. The molecule has 0 aliphatic carbocycles. The van der Waals surface area contributed by atoms with Gasteiger partial charge in [0.05, 0.1) is 5.56 Å². The molecule has 0 saturated heterocycles. The molecule has 0 spiro atoms. The Hall–Kier alpha value is -3.02. The highest BCUT2D eigenvalue weighted by molar-refractivity contribution is 5.92. The third kappa shape index (κ3) is 2.03. The second-order valence-corrected chi connectivity index (χ2v) is 4.15. The quantitative estimate of drug-likeness (QED) is 0.732. The van der Waals surface area contributed by atoms with Gasteiger partial charge in [0.15, 0.2) is 5.58 Å². The fourth-order valence-corrected chi connectivity index (χ4v) is 1.88. The average molecular weight is 268 g/mol. The van der Waals surface area contributed by atoms with Crippen molar-refractivity contribution >= 4 is 22.8 Å². The molecule has 0 radical (unpaired) electrons. The van der Waals surface area contributed by atoms with E-state index in [9.17, 15) is 9.70 Å². The molecule has 0 aliphatic rings. The van der Waals surface area contributed by atoms with Crippen molar-refractivity contribution in [3.63, 3.8) is 0 Å². The normalized spacial score (nSPS) is 10.6. The minimum atomic E-state index is -1.03. The van der Waals surface area contributed by atoms with E-state index in [4.69, 9.17) is 9.52 Å². The molecule has 1 N–H and O–H groups in total. The second-order valence-electron chi connectivity index (χ2n) is 4.15. The fraction of sp³-hybridized carbons (Fsp3) is 0. The standard InChI is InChI=1S/C14H8N2O4/c17-14(18)9-4-5-11-12(7-9)20-13(15-11)8-2-1-3-10(6-8)16-19/h1-7H,(H,17,18). The van der Waals surface area contributed by atoms with Crippen LogP contribution < -0.4 is 0 Å². The van der Waals surface area contributed by atoms with Crippen molar-refractivity contribution in [3.05, 3.63) is 52.9 Å². The van der Waals surface area contributed by atoms with Crippen LogP contribution in [0.2, 0.25) is 0 Å². The van der Waals surface area contributed by atoms with Gasteiger partial charge >= 0.3 is 5.97 Å². The van der Waals surface area contributed by atoms with E-state index in [2.05, 4.69) is 10.2 Å². The van der Waals surface area contributed by atoms with Gasteiger partial charge in [-0.15, -0.1) is 4.91 Å². The number of nitroso groups, excluding NO2 is 1. The van der Waals surface area contributed by atoms with E-state index in [1.807, 2.05) is 0 Å². The van der Waals surface area contributed by atoms with Crippen molar-refractivity contribution < 1.29 is 14.3 Å². The lowest BCUT2D eigenvalue weighted by atomic mass is 10.2. The van der Waals surface area contributed by atoms with Crippen molar-refractivity contribution in [2.75, 3.05) is 0 Å². The van der Waals surface area contributed by atoms with Gasteiger partial charge in [-0.2, -0.15) is 0 Å². The van der Waals surface area contributed by atoms with Gasteiger partial charge < -0.3 is 9.52 Å². The lowest BCUT2D eigenvalue weighted by Gasteiger charge is -1.94. The number of hydrogen-bond acceptors (Lipinski definition) is 5. The Morgan fingerprint density at radius 3 is 2.80 bits per heavy atom. The summed E-state index contributed by atoms with van der Waals surface area (Å²) in [6.07, 6.45) is 0. The first kappa shape index (κ1) is 12.0. The molecule has 0 fully saturated rings. The van der Waals surface area contributed by atoms with Crippen molar-refractivity contribution in [1.82, 2.24) is 4.98 Å². The van der Waals surface area contributed by atoms with Crippen molar-refractivity contribution in [1.29, 1.82) is 0 Å². The average Bonchev–Trinajstić information content (AvgIpc) is 2.90. The fourth-order valence-electron chi connectivity index (χ4n) is 1.88. The maximum atomic E-state index is 10.9. The highest BCUT2D eigenvalue weighted by atomic mass is 16.4. The molecule has 2 aromatic carbocycles. The number of rotatable bonds is 3. The highest BCUT2D eigenvalue weighted by Gasteiger charge is 2.11. The minimum Gasteiger partial charge on any atom is -0.478 e. The van der Waals surface area contributed by atoms with Gasteiger partial charge in [0.1, 0.15) is 11.2 Å². The molecule has 6 nitrogen and oxygen atoms in total. The summed E-state index contributed by atoms with van der Waals surface area (Å²) in [5, 5.41) is 11.8. The van der Waals surface area contributed by atoms with Crippen LogP contribution in [0.3, 0.4) is 0 Å². The van der Waals surface area contributed by atoms with Crippen molar-refractivity contribution in [3.8, 4) is 11.5 Å². The zero-order valence-electron chi connectivity index (χ0n) is 10.1. The van der Waals surface area contributed by atoms with Crippen LogP contribution in [0.5, 0.6) is 0 Å². The van der Waals surface area contributed by atoms with Crippen LogP contribution in [-0.4, -0.2) is 16.1 Å². The monoisotopic (exact) mass is 268 g/mol. The molecule has 0 unspecified atom stereocenters. The third-order valence-corrected chi connectivity index (χ3v) is 2.83. The lowest BCUT2D eigenvalue weighted by Crippen LogP contribution is -1.94. The Balaban J connectivity index is 2.12. The number of carbonyl (C=O) groups is 1. The van der Waals surface area contributed by atoms with Crippen LogP contribution in [-0.2, 0) is 0 Å². The molecule has 98 valence electrons. The molecule has 20 heavy (non-hydrogen) atoms. The molecule has 0 saturated carbocycles. The third-order valence-electron chi connectivity index (χ3n) is 2.83. The van der Waals surface area contributed by atoms with Crippen molar-refractivity contribution in [2.45, 2.75) is 0 Å². The number of fused-ring (bicyclic) bond motifs is 1. The number of aromatic carboxylic acids is 1. The van der Waals surface area contributed by atoms with Crippen LogP contribution in [0.15, 0.2) is 52.1 Å². The molecule has 0 bridgehead atoms. The Morgan fingerprint density at radius 2 is 2.05 bits per heavy atom.